The quantitative estimate of drug-likeness (QED) is 0.639. The van der Waals surface area contributed by atoms with Crippen molar-refractivity contribution in [2.24, 2.45) is 0 Å². The number of thiazole rings is 2. The molecule has 0 radical (unpaired) electrons. The van der Waals surface area contributed by atoms with Gasteiger partial charge in [-0.05, 0) is 32.9 Å². The summed E-state index contributed by atoms with van der Waals surface area (Å²) in [5.74, 6) is -1.65. The molecule has 25 heavy (non-hydrogen) atoms. The van der Waals surface area contributed by atoms with Crippen LogP contribution < -0.4 is 0 Å². The molecule has 0 aliphatic rings. The summed E-state index contributed by atoms with van der Waals surface area (Å²) in [6.07, 6.45) is -0.207. The Hall–Kier alpha value is -1.99. The molecule has 3 rings (SSSR count). The number of aromatic nitrogens is 2. The first-order valence-electron chi connectivity index (χ1n) is 7.70. The van der Waals surface area contributed by atoms with Gasteiger partial charge in [0.05, 0.1) is 27.7 Å². The van der Waals surface area contributed by atoms with Crippen LogP contribution in [0.3, 0.4) is 0 Å². The van der Waals surface area contributed by atoms with Crippen LogP contribution in [0.1, 0.15) is 26.1 Å². The Balaban J connectivity index is 1.79. The standard InChI is InChI=1S/C18H16F2N2OS2/c1-9-18(25-11(3)21-9)17-10(2)24-16(22-17)8-12(23)7-13-14(19)5-4-6-15(13)20/h4-6H,7-8H2,1-3H3. The fourth-order valence-corrected chi connectivity index (χ4v) is 4.62. The molecule has 2 aromatic heterocycles. The summed E-state index contributed by atoms with van der Waals surface area (Å²) >= 11 is 3.00. The summed E-state index contributed by atoms with van der Waals surface area (Å²) in [6.45, 7) is 5.83. The first kappa shape index (κ1) is 17.8. The van der Waals surface area contributed by atoms with E-state index in [1.807, 2.05) is 20.8 Å². The van der Waals surface area contributed by atoms with Crippen molar-refractivity contribution in [1.29, 1.82) is 0 Å². The van der Waals surface area contributed by atoms with Gasteiger partial charge in [-0.3, -0.25) is 4.79 Å². The Morgan fingerprint density at radius 3 is 2.32 bits per heavy atom. The number of carbonyl (C=O) groups excluding carboxylic acids is 1. The van der Waals surface area contributed by atoms with Crippen LogP contribution in [0.5, 0.6) is 0 Å². The molecule has 0 saturated carbocycles. The molecule has 3 aromatic rings. The Bertz CT molecular complexity index is 926. The minimum absolute atomic E-state index is 0.0656. The second kappa shape index (κ2) is 7.09. The molecule has 0 aliphatic carbocycles. The molecule has 0 bridgehead atoms. The summed E-state index contributed by atoms with van der Waals surface area (Å²) in [7, 11) is 0. The SMILES string of the molecule is Cc1nc(C)c(-c2nc(CC(=O)Cc3c(F)cccc3F)sc2C)s1. The monoisotopic (exact) mass is 378 g/mol. The van der Waals surface area contributed by atoms with E-state index in [2.05, 4.69) is 9.97 Å². The third-order valence-corrected chi connectivity index (χ3v) is 5.79. The lowest BCUT2D eigenvalue weighted by Gasteiger charge is -2.03. The zero-order chi connectivity index (χ0) is 18.1. The van der Waals surface area contributed by atoms with E-state index in [-0.39, 0.29) is 24.2 Å². The van der Waals surface area contributed by atoms with E-state index in [9.17, 15) is 13.6 Å². The smallest absolute Gasteiger partial charge is 0.144 e. The van der Waals surface area contributed by atoms with Crippen LogP contribution >= 0.6 is 22.7 Å². The maximum Gasteiger partial charge on any atom is 0.144 e. The van der Waals surface area contributed by atoms with E-state index in [0.29, 0.717) is 5.01 Å². The van der Waals surface area contributed by atoms with Crippen LogP contribution in [0.4, 0.5) is 8.78 Å². The Morgan fingerprint density at radius 1 is 1.04 bits per heavy atom. The number of carbonyl (C=O) groups is 1. The van der Waals surface area contributed by atoms with Gasteiger partial charge in [0.15, 0.2) is 0 Å². The van der Waals surface area contributed by atoms with E-state index in [4.69, 9.17) is 0 Å². The molecule has 0 fully saturated rings. The molecule has 3 nitrogen and oxygen atoms in total. The largest absolute Gasteiger partial charge is 0.299 e. The molecule has 0 amide bonds. The average molecular weight is 378 g/mol. The lowest BCUT2D eigenvalue weighted by atomic mass is 10.1. The number of benzene rings is 1. The summed E-state index contributed by atoms with van der Waals surface area (Å²) in [4.78, 5) is 23.2. The maximum atomic E-state index is 13.7. The predicted molar refractivity (Wildman–Crippen MR) is 96.2 cm³/mol. The normalized spacial score (nSPS) is 11.1. The molecular weight excluding hydrogens is 362 g/mol. The van der Waals surface area contributed by atoms with Crippen LogP contribution in [-0.4, -0.2) is 15.8 Å². The van der Waals surface area contributed by atoms with Gasteiger partial charge in [-0.2, -0.15) is 0 Å². The molecule has 0 spiro atoms. The summed E-state index contributed by atoms with van der Waals surface area (Å²) < 4.78 is 27.4. The van der Waals surface area contributed by atoms with Gasteiger partial charge in [-0.25, -0.2) is 18.7 Å². The van der Waals surface area contributed by atoms with Crippen molar-refractivity contribution in [2.45, 2.75) is 33.6 Å². The van der Waals surface area contributed by atoms with Gasteiger partial charge in [-0.15, -0.1) is 22.7 Å². The summed E-state index contributed by atoms with van der Waals surface area (Å²) in [5.41, 5.74) is 1.57. The highest BCUT2D eigenvalue weighted by Gasteiger charge is 2.18. The zero-order valence-electron chi connectivity index (χ0n) is 14.0. The molecule has 130 valence electrons. The molecule has 2 heterocycles. The fourth-order valence-electron chi connectivity index (χ4n) is 2.62. The van der Waals surface area contributed by atoms with Crippen LogP contribution in [0, 0.1) is 32.4 Å². The van der Waals surface area contributed by atoms with Gasteiger partial charge >= 0.3 is 0 Å². The third-order valence-electron chi connectivity index (χ3n) is 3.74. The Kier molecular flexibility index (Phi) is 5.06. The molecule has 1 aromatic carbocycles. The highest BCUT2D eigenvalue weighted by Crippen LogP contribution is 2.34. The van der Waals surface area contributed by atoms with Crippen molar-refractivity contribution in [1.82, 2.24) is 9.97 Å². The average Bonchev–Trinajstić information content (AvgIpc) is 3.04. The molecule has 0 saturated heterocycles. The van der Waals surface area contributed by atoms with Crippen LogP contribution in [-0.2, 0) is 17.6 Å². The number of aryl methyl sites for hydroxylation is 3. The van der Waals surface area contributed by atoms with E-state index in [1.54, 1.807) is 11.3 Å². The number of hydrogen-bond donors (Lipinski definition) is 0. The van der Waals surface area contributed by atoms with Crippen molar-refractivity contribution in [3.8, 4) is 10.6 Å². The number of nitrogens with zero attached hydrogens (tertiary/aromatic N) is 2. The number of hydrogen-bond acceptors (Lipinski definition) is 5. The molecule has 0 N–H and O–H groups in total. The first-order valence-corrected chi connectivity index (χ1v) is 9.33. The van der Waals surface area contributed by atoms with E-state index < -0.39 is 11.6 Å². The number of ketones is 1. The second-order valence-corrected chi connectivity index (χ2v) is 8.24. The van der Waals surface area contributed by atoms with Crippen molar-refractivity contribution in [3.63, 3.8) is 0 Å². The lowest BCUT2D eigenvalue weighted by Crippen LogP contribution is -2.09. The minimum atomic E-state index is -0.694. The molecule has 0 atom stereocenters. The van der Waals surface area contributed by atoms with Crippen LogP contribution in [0.25, 0.3) is 10.6 Å². The number of halogens is 2. The zero-order valence-corrected chi connectivity index (χ0v) is 15.7. The minimum Gasteiger partial charge on any atom is -0.299 e. The van der Waals surface area contributed by atoms with Crippen molar-refractivity contribution < 1.29 is 13.6 Å². The molecule has 0 aliphatic heterocycles. The Morgan fingerprint density at radius 2 is 1.72 bits per heavy atom. The van der Waals surface area contributed by atoms with E-state index in [0.717, 1.165) is 38.3 Å². The van der Waals surface area contributed by atoms with Crippen LogP contribution in [0.2, 0.25) is 0 Å². The van der Waals surface area contributed by atoms with Gasteiger partial charge in [0.1, 0.15) is 22.4 Å². The third kappa shape index (κ3) is 3.82. The van der Waals surface area contributed by atoms with Gasteiger partial charge in [-0.1, -0.05) is 6.07 Å². The number of rotatable bonds is 5. The van der Waals surface area contributed by atoms with E-state index >= 15 is 0 Å². The van der Waals surface area contributed by atoms with Crippen molar-refractivity contribution in [3.05, 3.63) is 56.0 Å². The topological polar surface area (TPSA) is 42.9 Å². The summed E-state index contributed by atoms with van der Waals surface area (Å²) in [5, 5.41) is 1.62. The van der Waals surface area contributed by atoms with Crippen molar-refractivity contribution in [2.75, 3.05) is 0 Å². The second-order valence-electron chi connectivity index (χ2n) is 5.75. The van der Waals surface area contributed by atoms with E-state index in [1.165, 1.54) is 17.4 Å². The summed E-state index contributed by atoms with van der Waals surface area (Å²) in [6, 6.07) is 3.60. The van der Waals surface area contributed by atoms with Crippen LogP contribution in [0.15, 0.2) is 18.2 Å². The fraction of sp³-hybridized carbons (Fsp3) is 0.278. The molecular formula is C18H16F2N2OS2. The Labute approximate surface area is 152 Å². The highest BCUT2D eigenvalue weighted by molar-refractivity contribution is 7.16. The maximum absolute atomic E-state index is 13.7. The number of Topliss-reactive ketones (excluding diaryl/α,β-unsaturated/α-hetero) is 1. The van der Waals surface area contributed by atoms with Gasteiger partial charge in [0.2, 0.25) is 0 Å². The predicted octanol–water partition coefficient (Wildman–Crippen LogP) is 4.82. The van der Waals surface area contributed by atoms with Crippen molar-refractivity contribution >= 4 is 28.5 Å². The van der Waals surface area contributed by atoms with Gasteiger partial charge < -0.3 is 0 Å². The van der Waals surface area contributed by atoms with Gasteiger partial charge in [0.25, 0.3) is 0 Å². The first-order chi connectivity index (χ1) is 11.8. The molecule has 7 heteroatoms. The lowest BCUT2D eigenvalue weighted by molar-refractivity contribution is -0.117. The highest BCUT2D eigenvalue weighted by atomic mass is 32.1. The van der Waals surface area contributed by atoms with Gasteiger partial charge in [0, 0.05) is 16.9 Å². The molecule has 0 unspecified atom stereocenters.